The molecule has 0 spiro atoms. The fourth-order valence-corrected chi connectivity index (χ4v) is 3.36. The lowest BCUT2D eigenvalue weighted by atomic mass is 9.92. The van der Waals surface area contributed by atoms with Crippen molar-refractivity contribution < 1.29 is 18.7 Å². The van der Waals surface area contributed by atoms with Gasteiger partial charge in [0.05, 0.1) is 18.6 Å². The summed E-state index contributed by atoms with van der Waals surface area (Å²) in [5.41, 5.74) is 6.61. The SMILES string of the molecule is COc1ccc2oc(C)c(C(=O)N3C[C@H](C(N)=O)CC[C@H]3C)c2c1. The van der Waals surface area contributed by atoms with Crippen LogP contribution in [0.5, 0.6) is 5.75 Å². The van der Waals surface area contributed by atoms with Crippen LogP contribution < -0.4 is 10.5 Å². The van der Waals surface area contributed by atoms with E-state index in [1.165, 1.54) is 0 Å². The quantitative estimate of drug-likeness (QED) is 0.937. The molecule has 0 bridgehead atoms. The molecule has 0 unspecified atom stereocenters. The number of aryl methyl sites for hydroxylation is 1. The van der Waals surface area contributed by atoms with Crippen molar-refractivity contribution in [3.8, 4) is 5.75 Å². The van der Waals surface area contributed by atoms with Crippen molar-refractivity contribution >= 4 is 22.8 Å². The molecule has 6 heteroatoms. The number of hydrogen-bond acceptors (Lipinski definition) is 4. The first-order valence-corrected chi connectivity index (χ1v) is 8.09. The Morgan fingerprint density at radius 1 is 1.33 bits per heavy atom. The molecule has 2 atom stereocenters. The Morgan fingerprint density at radius 2 is 2.08 bits per heavy atom. The van der Waals surface area contributed by atoms with Gasteiger partial charge in [0.1, 0.15) is 17.1 Å². The van der Waals surface area contributed by atoms with Crippen molar-refractivity contribution in [2.45, 2.75) is 32.7 Å². The van der Waals surface area contributed by atoms with E-state index in [1.807, 2.05) is 6.92 Å². The van der Waals surface area contributed by atoms with E-state index in [9.17, 15) is 9.59 Å². The van der Waals surface area contributed by atoms with Crippen molar-refractivity contribution in [1.29, 1.82) is 0 Å². The topological polar surface area (TPSA) is 85.8 Å². The van der Waals surface area contributed by atoms with Gasteiger partial charge in [0.2, 0.25) is 5.91 Å². The fourth-order valence-electron chi connectivity index (χ4n) is 3.36. The molecule has 1 aliphatic rings. The summed E-state index contributed by atoms with van der Waals surface area (Å²) in [5, 5.41) is 0.727. The molecule has 3 rings (SSSR count). The molecule has 1 aromatic carbocycles. The van der Waals surface area contributed by atoms with Gasteiger partial charge in [-0.05, 0) is 44.9 Å². The molecule has 2 heterocycles. The molecule has 24 heavy (non-hydrogen) atoms. The van der Waals surface area contributed by atoms with Gasteiger partial charge in [-0.2, -0.15) is 0 Å². The Bertz CT molecular complexity index is 796. The van der Waals surface area contributed by atoms with E-state index in [0.717, 1.165) is 18.2 Å². The molecule has 0 aliphatic carbocycles. The Kier molecular flexibility index (Phi) is 4.22. The largest absolute Gasteiger partial charge is 0.497 e. The lowest BCUT2D eigenvalue weighted by Crippen LogP contribution is -2.48. The summed E-state index contributed by atoms with van der Waals surface area (Å²) in [7, 11) is 1.58. The molecule has 6 nitrogen and oxygen atoms in total. The number of methoxy groups -OCH3 is 1. The molecule has 1 saturated heterocycles. The molecule has 0 saturated carbocycles. The van der Waals surface area contributed by atoms with Gasteiger partial charge in [-0.15, -0.1) is 0 Å². The zero-order chi connectivity index (χ0) is 17.4. The zero-order valence-electron chi connectivity index (χ0n) is 14.2. The third-order valence-corrected chi connectivity index (χ3v) is 4.83. The number of carbonyl (C=O) groups excluding carboxylic acids is 2. The minimum Gasteiger partial charge on any atom is -0.497 e. The number of likely N-dealkylation sites (tertiary alicyclic amines) is 1. The highest BCUT2D eigenvalue weighted by Gasteiger charge is 2.34. The van der Waals surface area contributed by atoms with Crippen LogP contribution in [-0.4, -0.2) is 36.4 Å². The van der Waals surface area contributed by atoms with E-state index in [1.54, 1.807) is 37.1 Å². The number of rotatable bonds is 3. The second-order valence-electron chi connectivity index (χ2n) is 6.38. The number of carbonyl (C=O) groups is 2. The van der Waals surface area contributed by atoms with Gasteiger partial charge >= 0.3 is 0 Å². The Balaban J connectivity index is 2.01. The highest BCUT2D eigenvalue weighted by molar-refractivity contribution is 6.07. The molecule has 1 fully saturated rings. The van der Waals surface area contributed by atoms with E-state index in [-0.39, 0.29) is 23.8 Å². The Morgan fingerprint density at radius 3 is 2.75 bits per heavy atom. The van der Waals surface area contributed by atoms with Gasteiger partial charge in [0, 0.05) is 18.0 Å². The fraction of sp³-hybridized carbons (Fsp3) is 0.444. The first kappa shape index (κ1) is 16.4. The van der Waals surface area contributed by atoms with Crippen LogP contribution in [-0.2, 0) is 4.79 Å². The van der Waals surface area contributed by atoms with Crippen LogP contribution in [0.1, 0.15) is 35.9 Å². The lowest BCUT2D eigenvalue weighted by molar-refractivity contribution is -0.123. The number of furan rings is 1. The van der Waals surface area contributed by atoms with Crippen molar-refractivity contribution in [2.24, 2.45) is 11.7 Å². The molecule has 1 aromatic heterocycles. The molecular weight excluding hydrogens is 308 g/mol. The van der Waals surface area contributed by atoms with Crippen LogP contribution >= 0.6 is 0 Å². The summed E-state index contributed by atoms with van der Waals surface area (Å²) in [6.07, 6.45) is 1.48. The van der Waals surface area contributed by atoms with Crippen LogP contribution in [0.25, 0.3) is 11.0 Å². The smallest absolute Gasteiger partial charge is 0.258 e. The molecule has 1 aliphatic heterocycles. The predicted octanol–water partition coefficient (Wildman–Crippen LogP) is 2.48. The summed E-state index contributed by atoms with van der Waals surface area (Å²) in [6.45, 7) is 4.12. The average molecular weight is 330 g/mol. The van der Waals surface area contributed by atoms with E-state index in [0.29, 0.717) is 29.2 Å². The first-order chi connectivity index (χ1) is 11.4. The molecule has 2 N–H and O–H groups in total. The number of amides is 2. The maximum Gasteiger partial charge on any atom is 0.258 e. The van der Waals surface area contributed by atoms with E-state index < -0.39 is 0 Å². The van der Waals surface area contributed by atoms with Crippen molar-refractivity contribution in [3.05, 3.63) is 29.5 Å². The van der Waals surface area contributed by atoms with Gasteiger partial charge in [-0.3, -0.25) is 9.59 Å². The van der Waals surface area contributed by atoms with Crippen LogP contribution in [0, 0.1) is 12.8 Å². The summed E-state index contributed by atoms with van der Waals surface area (Å²) in [6, 6.07) is 5.46. The second-order valence-corrected chi connectivity index (χ2v) is 6.38. The molecule has 2 aromatic rings. The molecule has 0 radical (unpaired) electrons. The Hall–Kier alpha value is -2.50. The maximum atomic E-state index is 13.1. The molecule has 2 amide bonds. The minimum atomic E-state index is -0.352. The number of nitrogens with zero attached hydrogens (tertiary/aromatic N) is 1. The third-order valence-electron chi connectivity index (χ3n) is 4.83. The second kappa shape index (κ2) is 6.19. The summed E-state index contributed by atoms with van der Waals surface area (Å²) >= 11 is 0. The lowest BCUT2D eigenvalue weighted by Gasteiger charge is -2.36. The standard InChI is InChI=1S/C18H22N2O4/c1-10-4-5-12(17(19)21)9-20(10)18(22)16-11(2)24-15-7-6-13(23-3)8-14(15)16/h6-8,10,12H,4-5,9H2,1-3H3,(H2,19,21)/t10-,12-/m1/s1. The van der Waals surface area contributed by atoms with Crippen LogP contribution in [0.15, 0.2) is 22.6 Å². The first-order valence-electron chi connectivity index (χ1n) is 8.09. The summed E-state index contributed by atoms with van der Waals surface area (Å²) < 4.78 is 11.0. The van der Waals surface area contributed by atoms with E-state index in [2.05, 4.69) is 0 Å². The number of benzene rings is 1. The van der Waals surface area contributed by atoms with Crippen molar-refractivity contribution in [2.75, 3.05) is 13.7 Å². The van der Waals surface area contributed by atoms with E-state index >= 15 is 0 Å². The van der Waals surface area contributed by atoms with Gasteiger partial charge in [-0.25, -0.2) is 0 Å². The monoisotopic (exact) mass is 330 g/mol. The van der Waals surface area contributed by atoms with Gasteiger partial charge in [-0.1, -0.05) is 0 Å². The number of hydrogen-bond donors (Lipinski definition) is 1. The number of primary amides is 1. The van der Waals surface area contributed by atoms with Crippen LogP contribution in [0.4, 0.5) is 0 Å². The number of fused-ring (bicyclic) bond motifs is 1. The molecular formula is C18H22N2O4. The van der Waals surface area contributed by atoms with Crippen molar-refractivity contribution in [3.63, 3.8) is 0 Å². The van der Waals surface area contributed by atoms with Crippen LogP contribution in [0.2, 0.25) is 0 Å². The van der Waals surface area contributed by atoms with Crippen LogP contribution in [0.3, 0.4) is 0 Å². The van der Waals surface area contributed by atoms with Crippen molar-refractivity contribution in [1.82, 2.24) is 4.90 Å². The maximum absolute atomic E-state index is 13.1. The minimum absolute atomic E-state index is 0.0584. The van der Waals surface area contributed by atoms with Gasteiger partial charge in [0.25, 0.3) is 5.91 Å². The van der Waals surface area contributed by atoms with Gasteiger partial charge in [0.15, 0.2) is 0 Å². The van der Waals surface area contributed by atoms with Gasteiger partial charge < -0.3 is 19.8 Å². The Labute approximate surface area is 140 Å². The highest BCUT2D eigenvalue weighted by atomic mass is 16.5. The zero-order valence-corrected chi connectivity index (χ0v) is 14.2. The normalized spacial score (nSPS) is 21.0. The number of ether oxygens (including phenoxy) is 1. The number of piperidine rings is 1. The average Bonchev–Trinajstić information content (AvgIpc) is 2.89. The van der Waals surface area contributed by atoms with E-state index in [4.69, 9.17) is 14.9 Å². The summed E-state index contributed by atoms with van der Waals surface area (Å²) in [4.78, 5) is 26.4. The third kappa shape index (κ3) is 2.72. The predicted molar refractivity (Wildman–Crippen MR) is 89.9 cm³/mol. The highest BCUT2D eigenvalue weighted by Crippen LogP contribution is 2.32. The molecule has 128 valence electrons. The number of nitrogens with two attached hydrogens (primary N) is 1. The summed E-state index contributed by atoms with van der Waals surface area (Å²) in [5.74, 6) is 0.460.